The summed E-state index contributed by atoms with van der Waals surface area (Å²) in [6, 6.07) is 66.8. The predicted molar refractivity (Wildman–Crippen MR) is 244 cm³/mol. The first-order chi connectivity index (χ1) is 29.7. The highest BCUT2D eigenvalue weighted by Gasteiger charge is 2.42. The summed E-state index contributed by atoms with van der Waals surface area (Å²) in [6.07, 6.45) is 2.22. The standard InChI is InChI=1S/C55H34N4O/c1-2-15-35(16-3-1)53-56-54(39-26-25-33-13-4-5-17-36(33)29-39)58-55(57-53)43-23-12-24-49-51(43)45-32-48(41-21-10-11-22-42(41)52(45)60-49)59-46-28-27-34-14-8-9-20-40(34)50(46)44-30-37-18-6-7-19-38(37)31-47(44)59/h1-32,45,52H. The van der Waals surface area contributed by atoms with E-state index in [0.29, 0.717) is 17.5 Å². The van der Waals surface area contributed by atoms with Crippen molar-refractivity contribution in [2.75, 3.05) is 0 Å². The van der Waals surface area contributed by atoms with Crippen LogP contribution in [0.25, 0.3) is 94.0 Å². The maximum Gasteiger partial charge on any atom is 0.164 e. The minimum absolute atomic E-state index is 0.115. The number of benzene rings is 9. The molecule has 13 rings (SSSR count). The normalized spacial score (nSPS) is 15.6. The fraction of sp³-hybridized carbons (Fsp3) is 0.0364. The first-order valence-electron chi connectivity index (χ1n) is 20.5. The summed E-state index contributed by atoms with van der Waals surface area (Å²) in [5, 5.41) is 9.74. The zero-order valence-corrected chi connectivity index (χ0v) is 32.3. The summed E-state index contributed by atoms with van der Waals surface area (Å²) < 4.78 is 9.50. The van der Waals surface area contributed by atoms with E-state index < -0.39 is 0 Å². The van der Waals surface area contributed by atoms with Crippen LogP contribution in [-0.2, 0) is 0 Å². The molecular formula is C55H34N4O. The molecule has 2 aromatic heterocycles. The molecule has 0 radical (unpaired) electrons. The summed E-state index contributed by atoms with van der Waals surface area (Å²) in [6.45, 7) is 0. The van der Waals surface area contributed by atoms with E-state index in [-0.39, 0.29) is 12.0 Å². The SMILES string of the molecule is C1=C(n2c3cc4ccccc4cc3c3c4ccccc4ccc32)c2ccccc2C2Oc3cccc(-c4nc(-c5ccccc5)nc(-c5ccc6ccccc6c5)n4)c3C12. The van der Waals surface area contributed by atoms with Gasteiger partial charge in [-0.15, -0.1) is 0 Å². The maximum atomic E-state index is 7.01. The van der Waals surface area contributed by atoms with Crippen LogP contribution in [0.15, 0.2) is 194 Å². The van der Waals surface area contributed by atoms with Gasteiger partial charge in [0.1, 0.15) is 11.9 Å². The quantitative estimate of drug-likeness (QED) is 0.179. The molecule has 2 unspecified atom stereocenters. The molecule has 0 spiro atoms. The van der Waals surface area contributed by atoms with Crippen LogP contribution in [0.3, 0.4) is 0 Å². The Balaban J connectivity index is 1.06. The second kappa shape index (κ2) is 12.8. The molecule has 1 aliphatic heterocycles. The Hall–Kier alpha value is -7.89. The van der Waals surface area contributed by atoms with Crippen LogP contribution < -0.4 is 4.74 Å². The lowest BCUT2D eigenvalue weighted by Crippen LogP contribution is -2.18. The third-order valence-electron chi connectivity index (χ3n) is 12.5. The average molecular weight is 767 g/mol. The molecule has 11 aromatic rings. The predicted octanol–water partition coefficient (Wildman–Crippen LogP) is 13.6. The Morgan fingerprint density at radius 2 is 1.08 bits per heavy atom. The van der Waals surface area contributed by atoms with Crippen LogP contribution in [0.5, 0.6) is 5.75 Å². The van der Waals surface area contributed by atoms with E-state index in [0.717, 1.165) is 44.7 Å². The second-order valence-corrected chi connectivity index (χ2v) is 15.9. The molecule has 0 fully saturated rings. The molecule has 0 saturated heterocycles. The fourth-order valence-electron chi connectivity index (χ4n) is 9.81. The van der Waals surface area contributed by atoms with E-state index in [1.807, 2.05) is 18.2 Å². The highest BCUT2D eigenvalue weighted by Crippen LogP contribution is 2.55. The summed E-state index contributed by atoms with van der Waals surface area (Å²) in [5.74, 6) is 2.62. The molecular weight excluding hydrogens is 733 g/mol. The number of hydrogen-bond acceptors (Lipinski definition) is 4. The van der Waals surface area contributed by atoms with E-state index in [4.69, 9.17) is 19.7 Å². The van der Waals surface area contributed by atoms with Crippen molar-refractivity contribution in [3.63, 3.8) is 0 Å². The molecule has 1 aliphatic carbocycles. The van der Waals surface area contributed by atoms with Crippen LogP contribution in [0.2, 0.25) is 0 Å². The van der Waals surface area contributed by atoms with Crippen LogP contribution in [0, 0.1) is 0 Å². The third kappa shape index (κ3) is 4.96. The molecule has 5 heteroatoms. The van der Waals surface area contributed by atoms with Crippen molar-refractivity contribution in [1.82, 2.24) is 19.5 Å². The van der Waals surface area contributed by atoms with Gasteiger partial charge in [0.15, 0.2) is 17.5 Å². The summed E-state index contributed by atoms with van der Waals surface area (Å²) >= 11 is 0. The van der Waals surface area contributed by atoms with Gasteiger partial charge in [0.25, 0.3) is 0 Å². The molecule has 0 bridgehead atoms. The van der Waals surface area contributed by atoms with Crippen LogP contribution in [-0.4, -0.2) is 19.5 Å². The minimum atomic E-state index is -0.216. The van der Waals surface area contributed by atoms with Crippen LogP contribution >= 0.6 is 0 Å². The summed E-state index contributed by atoms with van der Waals surface area (Å²) in [4.78, 5) is 15.6. The molecule has 5 nitrogen and oxygen atoms in total. The highest BCUT2D eigenvalue weighted by molar-refractivity contribution is 6.24. The Bertz CT molecular complexity index is 3600. The number of aromatic nitrogens is 4. The molecule has 9 aromatic carbocycles. The maximum absolute atomic E-state index is 7.01. The Labute approximate surface area is 345 Å². The second-order valence-electron chi connectivity index (χ2n) is 15.9. The first kappa shape index (κ1) is 33.1. The van der Waals surface area contributed by atoms with Gasteiger partial charge >= 0.3 is 0 Å². The van der Waals surface area contributed by atoms with Crippen LogP contribution in [0.1, 0.15) is 28.7 Å². The lowest BCUT2D eigenvalue weighted by molar-refractivity contribution is 0.222. The van der Waals surface area contributed by atoms with E-state index >= 15 is 0 Å². The molecule has 0 amide bonds. The molecule has 60 heavy (non-hydrogen) atoms. The molecule has 0 N–H and O–H groups in total. The van der Waals surface area contributed by atoms with Gasteiger partial charge in [-0.25, -0.2) is 15.0 Å². The van der Waals surface area contributed by atoms with Crippen LogP contribution in [0.4, 0.5) is 0 Å². The zero-order valence-electron chi connectivity index (χ0n) is 32.3. The number of rotatable bonds is 4. The number of hydrogen-bond donors (Lipinski definition) is 0. The smallest absolute Gasteiger partial charge is 0.164 e. The topological polar surface area (TPSA) is 52.8 Å². The summed E-state index contributed by atoms with van der Waals surface area (Å²) in [5.41, 5.74) is 9.72. The number of ether oxygens (including phenoxy) is 1. The van der Waals surface area contributed by atoms with Gasteiger partial charge in [-0.1, -0.05) is 158 Å². The minimum Gasteiger partial charge on any atom is -0.484 e. The van der Waals surface area contributed by atoms with Crippen molar-refractivity contribution in [1.29, 1.82) is 0 Å². The molecule has 2 atom stereocenters. The number of fused-ring (bicyclic) bond motifs is 12. The zero-order chi connectivity index (χ0) is 39.3. The van der Waals surface area contributed by atoms with E-state index in [9.17, 15) is 0 Å². The summed E-state index contributed by atoms with van der Waals surface area (Å²) in [7, 11) is 0. The van der Waals surface area contributed by atoms with Gasteiger partial charge in [-0.05, 0) is 68.7 Å². The van der Waals surface area contributed by atoms with Crippen molar-refractivity contribution < 1.29 is 4.74 Å². The van der Waals surface area contributed by atoms with Crippen molar-refractivity contribution in [2.24, 2.45) is 0 Å². The fourth-order valence-corrected chi connectivity index (χ4v) is 9.81. The molecule has 3 heterocycles. The average Bonchev–Trinajstić information content (AvgIpc) is 3.86. The van der Waals surface area contributed by atoms with Gasteiger partial charge in [0.2, 0.25) is 0 Å². The van der Waals surface area contributed by atoms with E-state index in [1.165, 1.54) is 54.3 Å². The number of nitrogens with zero attached hydrogens (tertiary/aromatic N) is 4. The van der Waals surface area contributed by atoms with Crippen molar-refractivity contribution in [2.45, 2.75) is 12.0 Å². The molecule has 0 saturated carbocycles. The molecule has 280 valence electrons. The lowest BCUT2D eigenvalue weighted by atomic mass is 9.81. The van der Waals surface area contributed by atoms with Crippen molar-refractivity contribution in [3.8, 4) is 39.9 Å². The van der Waals surface area contributed by atoms with Gasteiger partial charge in [-0.3, -0.25) is 0 Å². The highest BCUT2D eigenvalue weighted by atomic mass is 16.5. The Kier molecular flexibility index (Phi) is 7.07. The Morgan fingerprint density at radius 1 is 0.433 bits per heavy atom. The van der Waals surface area contributed by atoms with Crippen molar-refractivity contribution in [3.05, 3.63) is 211 Å². The largest absolute Gasteiger partial charge is 0.484 e. The van der Waals surface area contributed by atoms with Crippen molar-refractivity contribution >= 4 is 59.8 Å². The first-order valence-corrected chi connectivity index (χ1v) is 20.5. The Morgan fingerprint density at radius 3 is 1.93 bits per heavy atom. The van der Waals surface area contributed by atoms with E-state index in [1.54, 1.807) is 0 Å². The van der Waals surface area contributed by atoms with Gasteiger partial charge < -0.3 is 9.30 Å². The van der Waals surface area contributed by atoms with Gasteiger partial charge in [-0.2, -0.15) is 0 Å². The lowest BCUT2D eigenvalue weighted by Gasteiger charge is -2.28. The van der Waals surface area contributed by atoms with Gasteiger partial charge in [0, 0.05) is 50.1 Å². The van der Waals surface area contributed by atoms with Gasteiger partial charge in [0.05, 0.1) is 16.7 Å². The van der Waals surface area contributed by atoms with E-state index in [2.05, 4.69) is 181 Å². The monoisotopic (exact) mass is 766 g/mol. The molecule has 2 aliphatic rings. The third-order valence-corrected chi connectivity index (χ3v) is 12.5.